The average molecular weight is 601 g/mol. The van der Waals surface area contributed by atoms with E-state index in [0.29, 0.717) is 41.6 Å². The number of hydrogen-bond donors (Lipinski definition) is 2. The van der Waals surface area contributed by atoms with E-state index in [2.05, 4.69) is 26.7 Å². The minimum absolute atomic E-state index is 0.283. The lowest BCUT2D eigenvalue weighted by atomic mass is 10.1. The highest BCUT2D eigenvalue weighted by Gasteiger charge is 2.36. The summed E-state index contributed by atoms with van der Waals surface area (Å²) in [4.78, 5) is 21.6. The van der Waals surface area contributed by atoms with E-state index in [1.807, 2.05) is 52.5 Å². The van der Waals surface area contributed by atoms with Crippen molar-refractivity contribution in [1.82, 2.24) is 29.2 Å². The van der Waals surface area contributed by atoms with Gasteiger partial charge in [0.2, 0.25) is 0 Å². The summed E-state index contributed by atoms with van der Waals surface area (Å²) >= 11 is 1.17. The molecule has 1 unspecified atom stereocenters. The Balaban J connectivity index is 1.48. The van der Waals surface area contributed by atoms with Crippen molar-refractivity contribution < 1.29 is 17.9 Å². The second-order valence-electron chi connectivity index (χ2n) is 11.3. The van der Waals surface area contributed by atoms with E-state index >= 15 is 0 Å². The summed E-state index contributed by atoms with van der Waals surface area (Å²) in [6, 6.07) is 1.82. The van der Waals surface area contributed by atoms with E-state index in [1.54, 1.807) is 22.7 Å². The van der Waals surface area contributed by atoms with Crippen molar-refractivity contribution in [1.29, 1.82) is 0 Å². The molecule has 5 rings (SSSR count). The van der Waals surface area contributed by atoms with Crippen LogP contribution in [0.5, 0.6) is 0 Å². The number of amides is 1. The zero-order valence-electron chi connectivity index (χ0n) is 24.3. The van der Waals surface area contributed by atoms with Crippen LogP contribution in [0.15, 0.2) is 57.4 Å². The maximum absolute atomic E-state index is 12.9. The van der Waals surface area contributed by atoms with Crippen LogP contribution in [0.25, 0.3) is 5.70 Å². The highest BCUT2D eigenvalue weighted by Crippen LogP contribution is 2.36. The Morgan fingerprint density at radius 3 is 2.71 bits per heavy atom. The van der Waals surface area contributed by atoms with Crippen LogP contribution in [0.2, 0.25) is 0 Å². The van der Waals surface area contributed by atoms with Crippen LogP contribution in [0.4, 0.5) is 9.80 Å². The van der Waals surface area contributed by atoms with E-state index in [1.165, 1.54) is 29.7 Å². The fraction of sp³-hybridized carbons (Fsp3) is 0.444. The second-order valence-corrected chi connectivity index (χ2v) is 14.7. The number of fused-ring (bicyclic) bond motifs is 1. The standard InChI is InChI=1S/C27H36N8O4S2/c1-17-11-22(40-25(17)41(37,38)32(5)6)31-23-24-28-13-21(19-12-29-33(7)14-19)35(24)16-20(30-23)18-9-8-10-34(15-18)26(36)39-27(2,3)4/h9,11-14,16,24,28H,8,10,15H2,1-7H3,(H,30,31). The van der Waals surface area contributed by atoms with Gasteiger partial charge >= 0.3 is 6.09 Å². The molecule has 0 saturated heterocycles. The van der Waals surface area contributed by atoms with E-state index in [4.69, 9.17) is 9.73 Å². The first kappa shape index (κ1) is 28.9. The van der Waals surface area contributed by atoms with Gasteiger partial charge in [-0.2, -0.15) is 5.10 Å². The third-order valence-electron chi connectivity index (χ3n) is 6.67. The Morgan fingerprint density at radius 2 is 2.05 bits per heavy atom. The Morgan fingerprint density at radius 1 is 1.29 bits per heavy atom. The number of carbonyl (C=O) groups is 1. The van der Waals surface area contributed by atoms with E-state index in [0.717, 1.165) is 16.8 Å². The van der Waals surface area contributed by atoms with Gasteiger partial charge < -0.3 is 25.2 Å². The van der Waals surface area contributed by atoms with Gasteiger partial charge in [0.05, 0.1) is 29.1 Å². The molecule has 2 N–H and O–H groups in total. The zero-order valence-corrected chi connectivity index (χ0v) is 25.9. The molecule has 0 aromatic carbocycles. The highest BCUT2D eigenvalue weighted by atomic mass is 32.2. The lowest BCUT2D eigenvalue weighted by Gasteiger charge is -2.34. The maximum atomic E-state index is 12.9. The fourth-order valence-corrected chi connectivity index (χ4v) is 7.43. The van der Waals surface area contributed by atoms with Gasteiger partial charge in [0.1, 0.15) is 9.81 Å². The molecule has 41 heavy (non-hydrogen) atoms. The number of sulfonamides is 1. The van der Waals surface area contributed by atoms with Gasteiger partial charge in [-0.05, 0) is 51.3 Å². The van der Waals surface area contributed by atoms with E-state index < -0.39 is 15.6 Å². The summed E-state index contributed by atoms with van der Waals surface area (Å²) in [5.74, 6) is 0.600. The zero-order chi connectivity index (χ0) is 29.7. The summed E-state index contributed by atoms with van der Waals surface area (Å²) in [6.45, 7) is 8.27. The number of ether oxygens (including phenoxy) is 1. The van der Waals surface area contributed by atoms with Crippen molar-refractivity contribution in [3.63, 3.8) is 0 Å². The molecule has 0 spiro atoms. The molecule has 2 aromatic heterocycles. The molecule has 14 heteroatoms. The second kappa shape index (κ2) is 10.7. The molecular formula is C27H36N8O4S2. The predicted octanol–water partition coefficient (Wildman–Crippen LogP) is 3.50. The van der Waals surface area contributed by atoms with Crippen molar-refractivity contribution in [2.24, 2.45) is 12.0 Å². The summed E-state index contributed by atoms with van der Waals surface area (Å²) in [7, 11) is 1.33. The molecule has 1 atom stereocenters. The maximum Gasteiger partial charge on any atom is 0.410 e. The van der Waals surface area contributed by atoms with Crippen LogP contribution < -0.4 is 10.6 Å². The molecule has 0 radical (unpaired) electrons. The topological polar surface area (TPSA) is 124 Å². The molecule has 0 fully saturated rings. The van der Waals surface area contributed by atoms with Crippen molar-refractivity contribution in [3.8, 4) is 0 Å². The van der Waals surface area contributed by atoms with Crippen LogP contribution >= 0.6 is 11.3 Å². The molecule has 2 aromatic rings. The molecule has 1 amide bonds. The number of aryl methyl sites for hydroxylation is 2. The molecule has 0 bridgehead atoms. The molecule has 220 valence electrons. The normalized spacial score (nSPS) is 19.3. The van der Waals surface area contributed by atoms with Crippen LogP contribution in [0.1, 0.15) is 38.3 Å². The van der Waals surface area contributed by atoms with Crippen LogP contribution in [0.3, 0.4) is 0 Å². The minimum Gasteiger partial charge on any atom is -0.444 e. The summed E-state index contributed by atoms with van der Waals surface area (Å²) < 4.78 is 34.6. The van der Waals surface area contributed by atoms with Crippen LogP contribution in [-0.2, 0) is 21.8 Å². The Hall–Kier alpha value is -3.62. The summed E-state index contributed by atoms with van der Waals surface area (Å²) in [5, 5.41) is 11.8. The Labute approximate surface area is 244 Å². The largest absolute Gasteiger partial charge is 0.444 e. The number of nitrogens with one attached hydrogen (secondary N) is 2. The molecule has 0 saturated carbocycles. The lowest BCUT2D eigenvalue weighted by molar-refractivity contribution is 0.0263. The minimum atomic E-state index is -3.59. The fourth-order valence-electron chi connectivity index (χ4n) is 4.68. The van der Waals surface area contributed by atoms with Gasteiger partial charge in [-0.1, -0.05) is 6.08 Å². The number of carbonyl (C=O) groups excluding carboxylic acids is 1. The SMILES string of the molecule is Cc1cc(NC2=NC(C3=CCCN(C(=O)OC(C)(C)C)C3)=CN3C(c4cnn(C)c4)=CNC23)sc1S(=O)(=O)N(C)C. The highest BCUT2D eigenvalue weighted by molar-refractivity contribution is 7.91. The van der Waals surface area contributed by atoms with Crippen molar-refractivity contribution in [2.75, 3.05) is 32.5 Å². The van der Waals surface area contributed by atoms with Gasteiger partial charge in [-0.15, -0.1) is 11.3 Å². The van der Waals surface area contributed by atoms with Crippen molar-refractivity contribution >= 4 is 44.0 Å². The van der Waals surface area contributed by atoms with E-state index in [-0.39, 0.29) is 16.5 Å². The van der Waals surface area contributed by atoms with Gasteiger partial charge in [0.25, 0.3) is 10.0 Å². The van der Waals surface area contributed by atoms with Gasteiger partial charge in [0, 0.05) is 51.8 Å². The first-order valence-corrected chi connectivity index (χ1v) is 15.5. The molecule has 3 aliphatic heterocycles. The predicted molar refractivity (Wildman–Crippen MR) is 160 cm³/mol. The van der Waals surface area contributed by atoms with Gasteiger partial charge in [-0.3, -0.25) is 4.68 Å². The van der Waals surface area contributed by atoms with Crippen molar-refractivity contribution in [2.45, 2.75) is 50.1 Å². The first-order chi connectivity index (χ1) is 19.2. The Kier molecular flexibility index (Phi) is 7.51. The molecule has 5 heterocycles. The summed E-state index contributed by atoms with van der Waals surface area (Å²) in [5.41, 5.74) is 3.51. The molecule has 3 aliphatic rings. The van der Waals surface area contributed by atoms with E-state index in [9.17, 15) is 13.2 Å². The third-order valence-corrected chi connectivity index (χ3v) is 10.2. The molecular weight excluding hydrogens is 564 g/mol. The molecule has 0 aliphatic carbocycles. The number of anilines is 1. The lowest BCUT2D eigenvalue weighted by Crippen LogP contribution is -2.46. The number of rotatable bonds is 5. The summed E-state index contributed by atoms with van der Waals surface area (Å²) in [6.07, 6.45) is 9.69. The number of aromatic nitrogens is 2. The monoisotopic (exact) mass is 600 g/mol. The number of nitrogens with zero attached hydrogens (tertiary/aromatic N) is 6. The van der Waals surface area contributed by atoms with Crippen molar-refractivity contribution in [3.05, 3.63) is 59.3 Å². The smallest absolute Gasteiger partial charge is 0.410 e. The quantitative estimate of drug-likeness (QED) is 0.535. The number of thiophene rings is 1. The van der Waals surface area contributed by atoms with Gasteiger partial charge in [-0.25, -0.2) is 22.5 Å². The average Bonchev–Trinajstić information content (AvgIpc) is 3.61. The first-order valence-electron chi connectivity index (χ1n) is 13.2. The van der Waals surface area contributed by atoms with Crippen LogP contribution in [0, 0.1) is 6.92 Å². The van der Waals surface area contributed by atoms with Gasteiger partial charge in [0.15, 0.2) is 12.0 Å². The molecule has 12 nitrogen and oxygen atoms in total. The Bertz CT molecular complexity index is 1590. The number of aliphatic imine (C=N–C) groups is 1. The number of hydrogen-bond acceptors (Lipinski definition) is 10. The van der Waals surface area contributed by atoms with Crippen LogP contribution in [-0.4, -0.2) is 83.2 Å². The third kappa shape index (κ3) is 5.90. The number of amidine groups is 1.